The Morgan fingerprint density at radius 3 is 2.10 bits per heavy atom. The minimum absolute atomic E-state index is 0.390. The Kier molecular flexibility index (Phi) is 7.03. The molecule has 0 aliphatic heterocycles. The van der Waals surface area contributed by atoms with Crippen LogP contribution in [0.4, 0.5) is 0 Å². The molecule has 0 aliphatic rings. The number of allylic oxidation sites excluding steroid dienone is 1. The molecule has 0 aromatic heterocycles. The van der Waals surface area contributed by atoms with Crippen molar-refractivity contribution >= 4 is 25.4 Å². The van der Waals surface area contributed by atoms with Crippen molar-refractivity contribution in [3.63, 3.8) is 0 Å². The zero-order valence-corrected chi connectivity index (χ0v) is 12.7. The molecule has 2 radical (unpaired) electrons. The van der Waals surface area contributed by atoms with E-state index in [0.717, 1.165) is 5.56 Å². The summed E-state index contributed by atoms with van der Waals surface area (Å²) in [4.78, 5) is 11.9. The quantitative estimate of drug-likeness (QED) is 0.485. The summed E-state index contributed by atoms with van der Waals surface area (Å²) >= 11 is 0. The van der Waals surface area contributed by atoms with Crippen LogP contribution in [0.25, 0.3) is 6.08 Å². The van der Waals surface area contributed by atoms with Crippen molar-refractivity contribution in [1.82, 2.24) is 0 Å². The van der Waals surface area contributed by atoms with Crippen LogP contribution in [0, 0.1) is 0 Å². The van der Waals surface area contributed by atoms with Gasteiger partial charge in [-0.15, -0.1) is 0 Å². The second-order valence-corrected chi connectivity index (χ2v) is 4.08. The molecule has 0 amide bonds. The van der Waals surface area contributed by atoms with Gasteiger partial charge in [0, 0.05) is 0 Å². The van der Waals surface area contributed by atoms with E-state index in [1.54, 1.807) is 36.4 Å². The van der Waals surface area contributed by atoms with Gasteiger partial charge in [0.1, 0.15) is 13.6 Å². The average molecular weight is 278 g/mol. The Hall–Kier alpha value is -2.29. The number of ether oxygens (including phenoxy) is 1. The molecule has 2 aromatic rings. The highest BCUT2D eigenvalue weighted by atomic mass is 16.5. The van der Waals surface area contributed by atoms with E-state index in [9.17, 15) is 4.79 Å². The SMILES string of the molecule is CC.[B]c1ccc(C(=O)Oc2ccc(/C=C/C)cc2)cc1. The van der Waals surface area contributed by atoms with E-state index >= 15 is 0 Å². The predicted molar refractivity (Wildman–Crippen MR) is 89.3 cm³/mol. The minimum Gasteiger partial charge on any atom is -0.423 e. The molecule has 2 nitrogen and oxygen atoms in total. The topological polar surface area (TPSA) is 26.3 Å². The molecule has 0 aliphatic carbocycles. The van der Waals surface area contributed by atoms with Crippen LogP contribution in [0.15, 0.2) is 54.6 Å². The summed E-state index contributed by atoms with van der Waals surface area (Å²) in [6, 6.07) is 14.0. The van der Waals surface area contributed by atoms with Crippen LogP contribution in [0.3, 0.4) is 0 Å². The van der Waals surface area contributed by atoms with Gasteiger partial charge in [-0.25, -0.2) is 4.79 Å². The van der Waals surface area contributed by atoms with Crippen molar-refractivity contribution in [2.75, 3.05) is 0 Å². The molecule has 2 aromatic carbocycles. The molecule has 106 valence electrons. The van der Waals surface area contributed by atoms with Crippen molar-refractivity contribution in [2.45, 2.75) is 20.8 Å². The van der Waals surface area contributed by atoms with Gasteiger partial charge in [0.05, 0.1) is 5.56 Å². The predicted octanol–water partition coefficient (Wildman–Crippen LogP) is 3.76. The zero-order chi connectivity index (χ0) is 15.7. The number of hydrogen-bond donors (Lipinski definition) is 0. The standard InChI is InChI=1S/C16H13BO2.C2H6/c1-2-3-12-4-10-15(11-5-12)19-16(18)13-6-8-14(17)9-7-13;1-2/h2-11H,1H3;1-2H3/b3-2+;. The first-order valence-electron chi connectivity index (χ1n) is 6.99. The van der Waals surface area contributed by atoms with Gasteiger partial charge in [0.25, 0.3) is 0 Å². The van der Waals surface area contributed by atoms with E-state index in [1.807, 2.05) is 45.1 Å². The third kappa shape index (κ3) is 5.31. The summed E-state index contributed by atoms with van der Waals surface area (Å²) in [5.41, 5.74) is 2.16. The molecule has 3 heteroatoms. The van der Waals surface area contributed by atoms with E-state index in [2.05, 4.69) is 0 Å². The maximum atomic E-state index is 11.9. The minimum atomic E-state index is -0.390. The third-order valence-electron chi connectivity index (χ3n) is 2.60. The smallest absolute Gasteiger partial charge is 0.343 e. The lowest BCUT2D eigenvalue weighted by Crippen LogP contribution is -2.10. The molecule has 0 atom stereocenters. The molecule has 0 spiro atoms. The molecule has 0 saturated heterocycles. The number of hydrogen-bond acceptors (Lipinski definition) is 2. The van der Waals surface area contributed by atoms with E-state index in [0.29, 0.717) is 16.8 Å². The normalized spacial score (nSPS) is 9.86. The first-order valence-corrected chi connectivity index (χ1v) is 6.99. The average Bonchev–Trinajstić information content (AvgIpc) is 2.52. The first-order chi connectivity index (χ1) is 10.2. The van der Waals surface area contributed by atoms with Gasteiger partial charge in [-0.2, -0.15) is 0 Å². The summed E-state index contributed by atoms with van der Waals surface area (Å²) in [7, 11) is 5.57. The van der Waals surface area contributed by atoms with Gasteiger partial charge in [0.15, 0.2) is 0 Å². The van der Waals surface area contributed by atoms with E-state index < -0.39 is 5.97 Å². The van der Waals surface area contributed by atoms with Crippen LogP contribution in [-0.2, 0) is 0 Å². The Morgan fingerprint density at radius 1 is 1.00 bits per heavy atom. The van der Waals surface area contributed by atoms with Crippen molar-refractivity contribution < 1.29 is 9.53 Å². The molecule has 0 N–H and O–H groups in total. The Labute approximate surface area is 127 Å². The third-order valence-corrected chi connectivity index (χ3v) is 2.60. The fourth-order valence-corrected chi connectivity index (χ4v) is 1.62. The lowest BCUT2D eigenvalue weighted by Gasteiger charge is -2.05. The zero-order valence-electron chi connectivity index (χ0n) is 12.7. The molecule has 0 saturated carbocycles. The van der Waals surface area contributed by atoms with Crippen molar-refractivity contribution in [3.05, 3.63) is 65.7 Å². The highest BCUT2D eigenvalue weighted by Gasteiger charge is 2.07. The summed E-state index contributed by atoms with van der Waals surface area (Å²) < 4.78 is 5.27. The molecule has 0 fully saturated rings. The van der Waals surface area contributed by atoms with Gasteiger partial charge in [-0.05, 0) is 36.8 Å². The van der Waals surface area contributed by atoms with Crippen LogP contribution in [-0.4, -0.2) is 13.8 Å². The number of carbonyl (C=O) groups is 1. The van der Waals surface area contributed by atoms with Gasteiger partial charge < -0.3 is 4.74 Å². The number of esters is 1. The lowest BCUT2D eigenvalue weighted by atomic mass is 9.95. The maximum absolute atomic E-state index is 11.9. The number of carbonyl (C=O) groups excluding carboxylic acids is 1. The molecule has 21 heavy (non-hydrogen) atoms. The fourth-order valence-electron chi connectivity index (χ4n) is 1.62. The van der Waals surface area contributed by atoms with E-state index in [1.165, 1.54) is 0 Å². The summed E-state index contributed by atoms with van der Waals surface area (Å²) in [5.74, 6) is 0.133. The first kappa shape index (κ1) is 16.8. The Bertz CT molecular complexity index is 584. The van der Waals surface area contributed by atoms with Crippen LogP contribution >= 0.6 is 0 Å². The van der Waals surface area contributed by atoms with Crippen molar-refractivity contribution in [1.29, 1.82) is 0 Å². The molecule has 2 rings (SSSR count). The van der Waals surface area contributed by atoms with Gasteiger partial charge in [-0.3, -0.25) is 0 Å². The van der Waals surface area contributed by atoms with Gasteiger partial charge in [-0.1, -0.05) is 55.7 Å². The van der Waals surface area contributed by atoms with Crippen LogP contribution in [0.5, 0.6) is 5.75 Å². The lowest BCUT2D eigenvalue weighted by molar-refractivity contribution is 0.0735. The highest BCUT2D eigenvalue weighted by molar-refractivity contribution is 6.32. The summed E-state index contributed by atoms with van der Waals surface area (Å²) in [6.07, 6.45) is 3.93. The second-order valence-electron chi connectivity index (χ2n) is 4.08. The Morgan fingerprint density at radius 2 is 1.57 bits per heavy atom. The monoisotopic (exact) mass is 278 g/mol. The van der Waals surface area contributed by atoms with E-state index in [4.69, 9.17) is 12.6 Å². The van der Waals surface area contributed by atoms with E-state index in [-0.39, 0.29) is 0 Å². The largest absolute Gasteiger partial charge is 0.423 e. The molecular weight excluding hydrogens is 259 g/mol. The fraction of sp³-hybridized carbons (Fsp3) is 0.167. The number of rotatable bonds is 3. The summed E-state index contributed by atoms with van der Waals surface area (Å²) in [6.45, 7) is 5.95. The van der Waals surface area contributed by atoms with Crippen LogP contribution in [0.2, 0.25) is 0 Å². The van der Waals surface area contributed by atoms with Gasteiger partial charge in [0.2, 0.25) is 0 Å². The van der Waals surface area contributed by atoms with Crippen LogP contribution in [0.1, 0.15) is 36.7 Å². The molecule has 0 unspecified atom stereocenters. The van der Waals surface area contributed by atoms with Gasteiger partial charge >= 0.3 is 5.97 Å². The molecular formula is C18H19BO2. The Balaban J connectivity index is 0.00000106. The highest BCUT2D eigenvalue weighted by Crippen LogP contribution is 2.15. The van der Waals surface area contributed by atoms with Crippen molar-refractivity contribution in [3.8, 4) is 5.75 Å². The second kappa shape index (κ2) is 8.80. The molecule has 0 bridgehead atoms. The van der Waals surface area contributed by atoms with Crippen LogP contribution < -0.4 is 10.2 Å². The molecule has 0 heterocycles. The van der Waals surface area contributed by atoms with Crippen molar-refractivity contribution in [2.24, 2.45) is 0 Å². The maximum Gasteiger partial charge on any atom is 0.343 e. The summed E-state index contributed by atoms with van der Waals surface area (Å²) in [5, 5.41) is 0. The number of benzene rings is 2.